The lowest BCUT2D eigenvalue weighted by Gasteiger charge is -2.09. The third-order valence-corrected chi connectivity index (χ3v) is 3.83. The van der Waals surface area contributed by atoms with Crippen molar-refractivity contribution in [3.8, 4) is 0 Å². The molecule has 2 heterocycles. The van der Waals surface area contributed by atoms with Gasteiger partial charge < -0.3 is 14.7 Å². The number of hydrogen-bond acceptors (Lipinski definition) is 2. The number of H-pyrrole nitrogens is 1. The van der Waals surface area contributed by atoms with Crippen molar-refractivity contribution in [1.82, 2.24) is 9.55 Å². The van der Waals surface area contributed by atoms with Crippen LogP contribution in [-0.4, -0.2) is 20.6 Å². The Labute approximate surface area is 117 Å². The van der Waals surface area contributed by atoms with Crippen molar-refractivity contribution in [2.24, 2.45) is 0 Å². The lowest BCUT2D eigenvalue weighted by atomic mass is 9.96. The molecular weight excluding hydrogens is 286 g/mol. The van der Waals surface area contributed by atoms with Crippen molar-refractivity contribution >= 4 is 18.2 Å². The maximum atomic E-state index is 13.3. The van der Waals surface area contributed by atoms with Crippen molar-refractivity contribution in [3.05, 3.63) is 51.6 Å². The molecule has 0 saturated heterocycles. The third-order valence-electron chi connectivity index (χ3n) is 3.50. The number of nitrogens with zero attached hydrogens (tertiary/aromatic N) is 1. The van der Waals surface area contributed by atoms with Crippen LogP contribution in [-0.2, 0) is 13.0 Å². The highest BCUT2D eigenvalue weighted by Gasteiger charge is 2.29. The first-order valence-electron chi connectivity index (χ1n) is 5.96. The summed E-state index contributed by atoms with van der Waals surface area (Å²) < 4.78 is 28.5. The van der Waals surface area contributed by atoms with E-state index in [1.165, 1.54) is 12.1 Å². The second-order valence-corrected chi connectivity index (χ2v) is 5.16. The highest BCUT2D eigenvalue weighted by molar-refractivity contribution is 7.71. The SMILES string of the molecule is O=C(O)c1[nH]c(=S)n2c1CC(c1cc(F)cc(F)c1)C2. The lowest BCUT2D eigenvalue weighted by Crippen LogP contribution is -2.04. The van der Waals surface area contributed by atoms with Crippen LogP contribution in [0.25, 0.3) is 0 Å². The molecule has 1 unspecified atom stereocenters. The van der Waals surface area contributed by atoms with Crippen LogP contribution in [0.15, 0.2) is 18.2 Å². The number of nitrogens with one attached hydrogen (secondary N) is 1. The molecule has 104 valence electrons. The number of hydrogen-bond donors (Lipinski definition) is 2. The molecule has 0 amide bonds. The molecule has 1 aromatic heterocycles. The Bertz CT molecular complexity index is 746. The molecule has 2 aromatic rings. The number of fused-ring (bicyclic) bond motifs is 1. The Morgan fingerprint density at radius 3 is 2.60 bits per heavy atom. The number of rotatable bonds is 2. The molecular formula is C13H10F2N2O2S. The van der Waals surface area contributed by atoms with E-state index in [4.69, 9.17) is 17.3 Å². The fourth-order valence-electron chi connectivity index (χ4n) is 2.64. The maximum absolute atomic E-state index is 13.3. The van der Waals surface area contributed by atoms with E-state index in [1.807, 2.05) is 0 Å². The van der Waals surface area contributed by atoms with Gasteiger partial charge >= 0.3 is 5.97 Å². The number of aromatic nitrogens is 2. The van der Waals surface area contributed by atoms with Gasteiger partial charge in [-0.25, -0.2) is 13.6 Å². The van der Waals surface area contributed by atoms with Crippen LogP contribution in [0.4, 0.5) is 8.78 Å². The highest BCUT2D eigenvalue weighted by Crippen LogP contribution is 2.32. The van der Waals surface area contributed by atoms with Crippen molar-refractivity contribution in [1.29, 1.82) is 0 Å². The Hall–Kier alpha value is -2.02. The van der Waals surface area contributed by atoms with Crippen LogP contribution in [0.3, 0.4) is 0 Å². The molecule has 0 radical (unpaired) electrons. The number of carboxylic acid groups (broad SMARTS) is 1. The molecule has 2 N–H and O–H groups in total. The molecule has 0 spiro atoms. The lowest BCUT2D eigenvalue weighted by molar-refractivity contribution is 0.0689. The molecule has 3 rings (SSSR count). The van der Waals surface area contributed by atoms with Gasteiger partial charge in [0.05, 0.1) is 5.69 Å². The van der Waals surface area contributed by atoms with Gasteiger partial charge in [-0.2, -0.15) is 0 Å². The summed E-state index contributed by atoms with van der Waals surface area (Å²) in [5.41, 5.74) is 1.13. The fourth-order valence-corrected chi connectivity index (χ4v) is 2.93. The van der Waals surface area contributed by atoms with E-state index in [9.17, 15) is 13.6 Å². The zero-order valence-electron chi connectivity index (χ0n) is 10.2. The van der Waals surface area contributed by atoms with Gasteiger partial charge in [0.25, 0.3) is 0 Å². The first-order valence-corrected chi connectivity index (χ1v) is 6.37. The molecule has 20 heavy (non-hydrogen) atoms. The smallest absolute Gasteiger partial charge is 0.354 e. The molecule has 0 saturated carbocycles. The van der Waals surface area contributed by atoms with E-state index in [2.05, 4.69) is 4.98 Å². The van der Waals surface area contributed by atoms with Gasteiger partial charge in [0, 0.05) is 18.5 Å². The van der Waals surface area contributed by atoms with Gasteiger partial charge in [-0.15, -0.1) is 0 Å². The molecule has 7 heteroatoms. The van der Waals surface area contributed by atoms with Crippen LogP contribution >= 0.6 is 12.2 Å². The summed E-state index contributed by atoms with van der Waals surface area (Å²) >= 11 is 5.07. The van der Waals surface area contributed by atoms with E-state index in [1.54, 1.807) is 4.57 Å². The largest absolute Gasteiger partial charge is 0.477 e. The predicted molar refractivity (Wildman–Crippen MR) is 69.4 cm³/mol. The first kappa shape index (κ1) is 13.0. The summed E-state index contributed by atoms with van der Waals surface area (Å²) in [5, 5.41) is 9.10. The summed E-state index contributed by atoms with van der Waals surface area (Å²) in [6, 6.07) is 3.36. The van der Waals surface area contributed by atoms with Crippen LogP contribution < -0.4 is 0 Å². The van der Waals surface area contributed by atoms with E-state index in [0.717, 1.165) is 6.07 Å². The number of carboxylic acids is 1. The van der Waals surface area contributed by atoms with E-state index < -0.39 is 17.6 Å². The molecule has 0 aliphatic carbocycles. The average molecular weight is 296 g/mol. The standard InChI is InChI=1S/C13H10F2N2O2S/c14-8-1-6(2-9(15)4-8)7-3-10-11(12(18)19)16-13(20)17(10)5-7/h1-2,4,7H,3,5H2,(H,16,20)(H,18,19). The van der Waals surface area contributed by atoms with Gasteiger partial charge in [-0.1, -0.05) is 0 Å². The minimum atomic E-state index is -1.09. The second-order valence-electron chi connectivity index (χ2n) is 4.77. The predicted octanol–water partition coefficient (Wildman–Crippen LogP) is 2.86. The number of carbonyl (C=O) groups is 1. The monoisotopic (exact) mass is 296 g/mol. The number of halogens is 2. The molecule has 1 aliphatic heterocycles. The first-order chi connectivity index (χ1) is 9.45. The zero-order valence-corrected chi connectivity index (χ0v) is 11.0. The zero-order chi connectivity index (χ0) is 14.4. The summed E-state index contributed by atoms with van der Waals surface area (Å²) in [6.45, 7) is 0.418. The fraction of sp³-hybridized carbons (Fsp3) is 0.231. The molecule has 1 aliphatic rings. The number of benzene rings is 1. The normalized spacial score (nSPS) is 17.2. The molecule has 0 bridgehead atoms. The Morgan fingerprint density at radius 2 is 2.00 bits per heavy atom. The minimum Gasteiger partial charge on any atom is -0.477 e. The Morgan fingerprint density at radius 1 is 1.35 bits per heavy atom. The molecule has 0 fully saturated rings. The van der Waals surface area contributed by atoms with Crippen molar-refractivity contribution in [3.63, 3.8) is 0 Å². The molecule has 1 aromatic carbocycles. The van der Waals surface area contributed by atoms with Gasteiger partial charge in [0.1, 0.15) is 17.3 Å². The van der Waals surface area contributed by atoms with Crippen molar-refractivity contribution in [2.45, 2.75) is 18.9 Å². The van der Waals surface area contributed by atoms with Crippen LogP contribution in [0.5, 0.6) is 0 Å². The molecule has 4 nitrogen and oxygen atoms in total. The summed E-state index contributed by atoms with van der Waals surface area (Å²) in [4.78, 5) is 13.8. The van der Waals surface area contributed by atoms with Crippen LogP contribution in [0.2, 0.25) is 0 Å². The van der Waals surface area contributed by atoms with Crippen molar-refractivity contribution < 1.29 is 18.7 Å². The summed E-state index contributed by atoms with van der Waals surface area (Å²) in [7, 11) is 0. The van der Waals surface area contributed by atoms with Gasteiger partial charge in [0.2, 0.25) is 0 Å². The Kier molecular flexibility index (Phi) is 2.93. The highest BCUT2D eigenvalue weighted by atomic mass is 32.1. The van der Waals surface area contributed by atoms with Gasteiger partial charge in [0.15, 0.2) is 4.77 Å². The number of aromatic amines is 1. The maximum Gasteiger partial charge on any atom is 0.354 e. The third kappa shape index (κ3) is 2.03. The van der Waals surface area contributed by atoms with E-state index in [-0.39, 0.29) is 11.6 Å². The van der Waals surface area contributed by atoms with Crippen molar-refractivity contribution in [2.75, 3.05) is 0 Å². The second kappa shape index (κ2) is 4.52. The topological polar surface area (TPSA) is 58.0 Å². The Balaban J connectivity index is 2.00. The average Bonchev–Trinajstić information content (AvgIpc) is 2.89. The van der Waals surface area contributed by atoms with Crippen LogP contribution in [0.1, 0.15) is 27.7 Å². The van der Waals surface area contributed by atoms with Gasteiger partial charge in [-0.3, -0.25) is 0 Å². The van der Waals surface area contributed by atoms with E-state index >= 15 is 0 Å². The number of imidazole rings is 1. The van der Waals surface area contributed by atoms with Gasteiger partial charge in [-0.05, 0) is 36.3 Å². The van der Waals surface area contributed by atoms with E-state index in [0.29, 0.717) is 29.0 Å². The molecule has 1 atom stereocenters. The summed E-state index contributed by atoms with van der Waals surface area (Å²) in [5.74, 6) is -2.54. The quantitative estimate of drug-likeness (QED) is 0.838. The summed E-state index contributed by atoms with van der Waals surface area (Å²) in [6.07, 6.45) is 0.387. The number of aromatic carboxylic acids is 1. The minimum absolute atomic E-state index is 0.0503. The van der Waals surface area contributed by atoms with Crippen LogP contribution in [0, 0.1) is 16.4 Å².